The van der Waals surface area contributed by atoms with Crippen molar-refractivity contribution in [2.75, 3.05) is 83.6 Å². The molecule has 162 valence electrons. The molecule has 2 heterocycles. The maximum Gasteiger partial charge on any atom is 0.182 e. The molecule has 3 rings (SSSR count). The summed E-state index contributed by atoms with van der Waals surface area (Å²) in [4.78, 5) is 22.4. The lowest BCUT2D eigenvalue weighted by atomic mass is 9.90. The van der Waals surface area contributed by atoms with Gasteiger partial charge < -0.3 is 15.1 Å². The largest absolute Gasteiger partial charge is 0.395 e. The van der Waals surface area contributed by atoms with Crippen LogP contribution in [0.2, 0.25) is 0 Å². The molecule has 1 aromatic rings. The van der Waals surface area contributed by atoms with Gasteiger partial charge in [-0.25, -0.2) is 0 Å². The Morgan fingerprint density at radius 1 is 0.828 bits per heavy atom. The van der Waals surface area contributed by atoms with Gasteiger partial charge in [-0.2, -0.15) is 0 Å². The van der Waals surface area contributed by atoms with Crippen molar-refractivity contribution in [3.8, 4) is 0 Å². The van der Waals surface area contributed by atoms with Crippen LogP contribution in [0.3, 0.4) is 0 Å². The van der Waals surface area contributed by atoms with E-state index in [1.807, 2.05) is 26.0 Å². The van der Waals surface area contributed by atoms with E-state index in [-0.39, 0.29) is 19.0 Å². The van der Waals surface area contributed by atoms with E-state index < -0.39 is 5.54 Å². The summed E-state index contributed by atoms with van der Waals surface area (Å²) in [5.74, 6) is 0.160. The first kappa shape index (κ1) is 22.2. The number of hydrogen-bond donors (Lipinski definition) is 2. The number of β-amino-alcohol motifs (C(OH)–C–C–N with tert-alkyl or cyclic N) is 2. The number of carbonyl (C=O) groups is 1. The zero-order chi connectivity index (χ0) is 20.9. The summed E-state index contributed by atoms with van der Waals surface area (Å²) in [5, 5.41) is 18.2. The fraction of sp³-hybridized carbons (Fsp3) is 0.682. The highest BCUT2D eigenvalue weighted by molar-refractivity contribution is 6.02. The molecular weight excluding hydrogens is 368 g/mol. The summed E-state index contributed by atoms with van der Waals surface area (Å²) in [6.07, 6.45) is 0. The van der Waals surface area contributed by atoms with E-state index in [4.69, 9.17) is 10.2 Å². The highest BCUT2D eigenvalue weighted by Crippen LogP contribution is 2.24. The van der Waals surface area contributed by atoms with E-state index in [1.54, 1.807) is 0 Å². The number of carbonyl (C=O) groups excluding carboxylic acids is 1. The number of aliphatic hydroxyl groups excluding tert-OH is 2. The molecule has 2 fully saturated rings. The van der Waals surface area contributed by atoms with Gasteiger partial charge in [0.2, 0.25) is 0 Å². The van der Waals surface area contributed by atoms with Crippen molar-refractivity contribution in [3.05, 3.63) is 29.8 Å². The van der Waals surface area contributed by atoms with Crippen LogP contribution in [0.15, 0.2) is 24.3 Å². The van der Waals surface area contributed by atoms with Crippen molar-refractivity contribution in [1.82, 2.24) is 14.7 Å². The fourth-order valence-corrected chi connectivity index (χ4v) is 4.36. The zero-order valence-electron chi connectivity index (χ0n) is 17.9. The Hall–Kier alpha value is -1.51. The number of piperazine rings is 2. The molecule has 2 aliphatic rings. The number of ketones is 1. The lowest BCUT2D eigenvalue weighted by Gasteiger charge is -2.43. The maximum atomic E-state index is 13.2. The Balaban J connectivity index is 1.58. The van der Waals surface area contributed by atoms with Crippen LogP contribution in [-0.4, -0.2) is 115 Å². The third-order valence-electron chi connectivity index (χ3n) is 6.42. The van der Waals surface area contributed by atoms with Gasteiger partial charge in [0.15, 0.2) is 5.78 Å². The van der Waals surface area contributed by atoms with Crippen molar-refractivity contribution in [3.63, 3.8) is 0 Å². The quantitative estimate of drug-likeness (QED) is 0.607. The van der Waals surface area contributed by atoms with Crippen LogP contribution >= 0.6 is 0 Å². The van der Waals surface area contributed by atoms with Crippen LogP contribution in [0.25, 0.3) is 0 Å². The molecule has 0 aromatic heterocycles. The molecule has 0 unspecified atom stereocenters. The maximum absolute atomic E-state index is 13.2. The van der Waals surface area contributed by atoms with Gasteiger partial charge in [0.05, 0.1) is 18.8 Å². The molecule has 7 heteroatoms. The monoisotopic (exact) mass is 404 g/mol. The number of aliphatic hydroxyl groups is 2. The highest BCUT2D eigenvalue weighted by atomic mass is 16.3. The van der Waals surface area contributed by atoms with Crippen molar-refractivity contribution in [2.45, 2.75) is 19.4 Å². The van der Waals surface area contributed by atoms with Gasteiger partial charge in [0.25, 0.3) is 0 Å². The summed E-state index contributed by atoms with van der Waals surface area (Å²) in [7, 11) is 0. The number of rotatable bonds is 8. The molecule has 29 heavy (non-hydrogen) atoms. The first-order valence-corrected chi connectivity index (χ1v) is 10.8. The SMILES string of the molecule is CC(C)(C(=O)c1ccc(N2CCN(CCO)CC2)cc1)N1CCN(CCO)CC1. The zero-order valence-corrected chi connectivity index (χ0v) is 17.9. The van der Waals surface area contributed by atoms with Gasteiger partial charge >= 0.3 is 0 Å². The molecule has 0 radical (unpaired) electrons. The van der Waals surface area contributed by atoms with Crippen LogP contribution in [0.4, 0.5) is 5.69 Å². The molecular formula is C22H36N4O3. The second-order valence-electron chi connectivity index (χ2n) is 8.54. The lowest BCUT2D eigenvalue weighted by molar-refractivity contribution is 0.0380. The van der Waals surface area contributed by atoms with E-state index in [1.165, 1.54) is 0 Å². The van der Waals surface area contributed by atoms with Crippen molar-refractivity contribution in [2.24, 2.45) is 0 Å². The number of anilines is 1. The number of benzene rings is 1. The van der Waals surface area contributed by atoms with Crippen LogP contribution in [-0.2, 0) is 0 Å². The molecule has 0 spiro atoms. The Morgan fingerprint density at radius 3 is 1.79 bits per heavy atom. The molecule has 0 aliphatic carbocycles. The van der Waals surface area contributed by atoms with Crippen LogP contribution in [0, 0.1) is 0 Å². The molecule has 0 bridgehead atoms. The topological polar surface area (TPSA) is 70.5 Å². The Morgan fingerprint density at radius 2 is 1.31 bits per heavy atom. The van der Waals surface area contributed by atoms with Gasteiger partial charge in [-0.3, -0.25) is 19.5 Å². The standard InChI is InChI=1S/C22H36N4O3/c1-22(2,26-13-9-24(10-14-26)16-18-28)21(29)19-3-5-20(6-4-19)25-11-7-23(8-12-25)15-17-27/h3-6,27-28H,7-18H2,1-2H3. The number of hydrogen-bond acceptors (Lipinski definition) is 7. The molecule has 2 saturated heterocycles. The molecule has 0 atom stereocenters. The Labute approximate surface area is 174 Å². The van der Waals surface area contributed by atoms with E-state index in [9.17, 15) is 4.79 Å². The summed E-state index contributed by atoms with van der Waals surface area (Å²) in [6, 6.07) is 8.04. The number of Topliss-reactive ketones (excluding diaryl/α,β-unsaturated/α-hetero) is 1. The lowest BCUT2D eigenvalue weighted by Crippen LogP contribution is -2.58. The smallest absolute Gasteiger partial charge is 0.182 e. The van der Waals surface area contributed by atoms with Gasteiger partial charge in [-0.1, -0.05) is 0 Å². The summed E-state index contributed by atoms with van der Waals surface area (Å²) < 4.78 is 0. The molecule has 2 N–H and O–H groups in total. The summed E-state index contributed by atoms with van der Waals surface area (Å²) in [6.45, 7) is 13.1. The van der Waals surface area contributed by atoms with E-state index in [0.717, 1.165) is 70.2 Å². The molecule has 0 amide bonds. The van der Waals surface area contributed by atoms with Crippen LogP contribution in [0.1, 0.15) is 24.2 Å². The van der Waals surface area contributed by atoms with Crippen molar-refractivity contribution in [1.29, 1.82) is 0 Å². The third-order valence-corrected chi connectivity index (χ3v) is 6.42. The Kier molecular flexibility index (Phi) is 7.65. The highest BCUT2D eigenvalue weighted by Gasteiger charge is 2.36. The fourth-order valence-electron chi connectivity index (χ4n) is 4.36. The minimum absolute atomic E-state index is 0.160. The van der Waals surface area contributed by atoms with Gasteiger partial charge in [-0.15, -0.1) is 0 Å². The van der Waals surface area contributed by atoms with E-state index in [2.05, 4.69) is 31.7 Å². The third kappa shape index (κ3) is 5.35. The average molecular weight is 405 g/mol. The predicted octanol–water partition coefficient (Wildman–Crippen LogP) is 0.372. The van der Waals surface area contributed by atoms with Gasteiger partial charge in [0, 0.05) is 76.7 Å². The average Bonchev–Trinajstić information content (AvgIpc) is 2.75. The molecule has 2 aliphatic heterocycles. The van der Waals surface area contributed by atoms with Crippen LogP contribution < -0.4 is 4.90 Å². The second-order valence-corrected chi connectivity index (χ2v) is 8.54. The van der Waals surface area contributed by atoms with Crippen LogP contribution in [0.5, 0.6) is 0 Å². The number of nitrogens with zero attached hydrogens (tertiary/aromatic N) is 4. The first-order valence-electron chi connectivity index (χ1n) is 10.8. The summed E-state index contributed by atoms with van der Waals surface area (Å²) >= 11 is 0. The van der Waals surface area contributed by atoms with E-state index >= 15 is 0 Å². The molecule has 1 aromatic carbocycles. The molecule has 0 saturated carbocycles. The minimum Gasteiger partial charge on any atom is -0.395 e. The minimum atomic E-state index is -0.539. The second kappa shape index (κ2) is 10.00. The predicted molar refractivity (Wildman–Crippen MR) is 116 cm³/mol. The van der Waals surface area contributed by atoms with E-state index in [0.29, 0.717) is 6.54 Å². The summed E-state index contributed by atoms with van der Waals surface area (Å²) in [5.41, 5.74) is 1.37. The Bertz CT molecular complexity index is 649. The normalized spacial score (nSPS) is 20.2. The van der Waals surface area contributed by atoms with Crippen molar-refractivity contribution < 1.29 is 15.0 Å². The first-order chi connectivity index (χ1) is 14.0. The van der Waals surface area contributed by atoms with Gasteiger partial charge in [-0.05, 0) is 38.1 Å². The van der Waals surface area contributed by atoms with Crippen molar-refractivity contribution >= 4 is 11.5 Å². The molecule has 7 nitrogen and oxygen atoms in total. The van der Waals surface area contributed by atoms with Gasteiger partial charge in [0.1, 0.15) is 0 Å².